The SMILES string of the molecule is CCCC[N+]1(C)CCCC1.COC[B-](C#N)(C#N)OC. The molecule has 0 saturated carbocycles. The molecule has 0 spiro atoms. The Morgan fingerprint density at radius 1 is 1.15 bits per heavy atom. The van der Waals surface area contributed by atoms with E-state index < -0.39 is 6.35 Å². The van der Waals surface area contributed by atoms with E-state index in [1.54, 1.807) is 11.9 Å². The van der Waals surface area contributed by atoms with Crippen LogP contribution in [0.3, 0.4) is 0 Å². The van der Waals surface area contributed by atoms with Crippen LogP contribution in [0.25, 0.3) is 0 Å². The van der Waals surface area contributed by atoms with E-state index in [2.05, 4.69) is 18.7 Å². The van der Waals surface area contributed by atoms with E-state index in [9.17, 15) is 0 Å². The first-order valence-electron chi connectivity index (χ1n) is 7.38. The van der Waals surface area contributed by atoms with Crippen LogP contribution in [0.1, 0.15) is 32.6 Å². The van der Waals surface area contributed by atoms with Gasteiger partial charge in [-0.15, -0.1) is 0 Å². The van der Waals surface area contributed by atoms with Gasteiger partial charge in [-0.1, -0.05) is 25.3 Å². The van der Waals surface area contributed by atoms with Crippen LogP contribution in [-0.4, -0.2) is 58.2 Å². The summed E-state index contributed by atoms with van der Waals surface area (Å²) in [7, 11) is 5.15. The third-order valence-electron chi connectivity index (χ3n) is 3.92. The summed E-state index contributed by atoms with van der Waals surface area (Å²) < 4.78 is 10.7. The van der Waals surface area contributed by atoms with Crippen LogP contribution < -0.4 is 0 Å². The largest absolute Gasteiger partial charge is 0.569 e. The van der Waals surface area contributed by atoms with E-state index in [1.165, 1.54) is 64.0 Å². The van der Waals surface area contributed by atoms with Crippen molar-refractivity contribution in [3.05, 3.63) is 0 Å². The van der Waals surface area contributed by atoms with Crippen LogP contribution in [0.5, 0.6) is 0 Å². The van der Waals surface area contributed by atoms with Gasteiger partial charge in [0.2, 0.25) is 0 Å². The van der Waals surface area contributed by atoms with E-state index >= 15 is 0 Å². The molecule has 0 aromatic heterocycles. The average Bonchev–Trinajstić information content (AvgIpc) is 2.91. The Kier molecular flexibility index (Phi) is 9.24. The smallest absolute Gasteiger partial charge is 0.338 e. The second-order valence-electron chi connectivity index (χ2n) is 5.76. The molecule has 1 aliphatic heterocycles. The molecule has 0 N–H and O–H groups in total. The molecule has 0 amide bonds. The number of quaternary nitrogens is 1. The molecule has 0 aliphatic carbocycles. The van der Waals surface area contributed by atoms with Crippen molar-refractivity contribution in [2.24, 2.45) is 0 Å². The highest BCUT2D eigenvalue weighted by molar-refractivity contribution is 6.87. The van der Waals surface area contributed by atoms with E-state index in [0.717, 1.165) is 0 Å². The van der Waals surface area contributed by atoms with Crippen LogP contribution in [0.15, 0.2) is 0 Å². The molecule has 0 unspecified atom stereocenters. The van der Waals surface area contributed by atoms with Gasteiger partial charge in [0.25, 0.3) is 0 Å². The van der Waals surface area contributed by atoms with Gasteiger partial charge in [-0.2, -0.15) is 0 Å². The lowest BCUT2D eigenvalue weighted by molar-refractivity contribution is -0.897. The van der Waals surface area contributed by atoms with Gasteiger partial charge in [0.15, 0.2) is 0 Å². The summed E-state index contributed by atoms with van der Waals surface area (Å²) in [5, 5.41) is 16.9. The standard InChI is InChI=1S/C9H20N.C5H8BN2O2/c1-3-4-7-10(2)8-5-6-9-10;1-9-5-6(3-7,4-8)10-2/h3-9H2,1-2H3;5H2,1-2H3/q+1;-1. The minimum absolute atomic E-state index is 0.0312. The molecule has 1 aliphatic rings. The van der Waals surface area contributed by atoms with Crippen LogP contribution in [0.4, 0.5) is 0 Å². The summed E-state index contributed by atoms with van der Waals surface area (Å²) in [4.78, 5) is 0. The highest BCUT2D eigenvalue weighted by Crippen LogP contribution is 2.16. The minimum atomic E-state index is -2.06. The number of rotatable bonds is 6. The van der Waals surface area contributed by atoms with E-state index in [4.69, 9.17) is 15.2 Å². The van der Waals surface area contributed by atoms with Crippen molar-refractivity contribution in [2.75, 3.05) is 47.4 Å². The highest BCUT2D eigenvalue weighted by atomic mass is 16.5. The zero-order chi connectivity index (χ0) is 15.5. The molecule has 1 saturated heterocycles. The van der Waals surface area contributed by atoms with Gasteiger partial charge in [-0.05, 0) is 20.0 Å². The first-order valence-corrected chi connectivity index (χ1v) is 7.38. The molecule has 1 heterocycles. The van der Waals surface area contributed by atoms with Gasteiger partial charge in [0.1, 0.15) is 0 Å². The van der Waals surface area contributed by atoms with Crippen molar-refractivity contribution in [1.29, 1.82) is 10.5 Å². The fourth-order valence-electron chi connectivity index (χ4n) is 2.37. The molecular formula is C14H28BN3O2. The Hall–Kier alpha value is -1.08. The summed E-state index contributed by atoms with van der Waals surface area (Å²) >= 11 is 0. The zero-order valence-corrected chi connectivity index (χ0v) is 13.4. The van der Waals surface area contributed by atoms with Crippen molar-refractivity contribution >= 4 is 6.35 Å². The molecule has 1 rings (SSSR count). The molecule has 0 aromatic carbocycles. The normalized spacial score (nSPS) is 16.7. The Labute approximate surface area is 123 Å². The fraction of sp³-hybridized carbons (Fsp3) is 0.857. The lowest BCUT2D eigenvalue weighted by Gasteiger charge is -2.28. The Morgan fingerprint density at radius 2 is 1.70 bits per heavy atom. The molecule has 20 heavy (non-hydrogen) atoms. The predicted molar refractivity (Wildman–Crippen MR) is 80.8 cm³/mol. The van der Waals surface area contributed by atoms with Gasteiger partial charge < -0.3 is 13.9 Å². The summed E-state index contributed by atoms with van der Waals surface area (Å²) in [5.74, 6) is 3.54. The first kappa shape index (κ1) is 18.9. The summed E-state index contributed by atoms with van der Waals surface area (Å²) in [6.07, 6.45) is 3.62. The number of nitriles is 2. The summed E-state index contributed by atoms with van der Waals surface area (Å²) in [6.45, 7) is 6.59. The van der Waals surface area contributed by atoms with Crippen LogP contribution in [-0.2, 0) is 9.39 Å². The highest BCUT2D eigenvalue weighted by Gasteiger charge is 2.25. The maximum absolute atomic E-state index is 8.46. The number of unbranched alkanes of at least 4 members (excludes halogenated alkanes) is 1. The maximum Gasteiger partial charge on any atom is 0.338 e. The average molecular weight is 281 g/mol. The van der Waals surface area contributed by atoms with Crippen molar-refractivity contribution < 1.29 is 13.9 Å². The molecule has 0 radical (unpaired) electrons. The third-order valence-corrected chi connectivity index (χ3v) is 3.92. The summed E-state index contributed by atoms with van der Waals surface area (Å²) in [5.41, 5.74) is 0. The van der Waals surface area contributed by atoms with Gasteiger partial charge in [-0.25, -0.2) is 10.5 Å². The molecule has 0 aromatic rings. The van der Waals surface area contributed by atoms with E-state index in [1.807, 2.05) is 0 Å². The number of methoxy groups -OCH3 is 1. The van der Waals surface area contributed by atoms with Crippen LogP contribution in [0, 0.1) is 22.5 Å². The van der Waals surface area contributed by atoms with Crippen molar-refractivity contribution in [2.45, 2.75) is 32.6 Å². The summed E-state index contributed by atoms with van der Waals surface area (Å²) in [6, 6.07) is 0. The molecule has 1 fully saturated rings. The van der Waals surface area contributed by atoms with Crippen molar-refractivity contribution in [3.63, 3.8) is 0 Å². The lowest BCUT2D eigenvalue weighted by Crippen LogP contribution is -2.41. The van der Waals surface area contributed by atoms with Crippen molar-refractivity contribution in [1.82, 2.24) is 0 Å². The van der Waals surface area contributed by atoms with Gasteiger partial charge in [0, 0.05) is 20.0 Å². The topological polar surface area (TPSA) is 66.0 Å². The zero-order valence-electron chi connectivity index (χ0n) is 13.4. The Morgan fingerprint density at radius 3 is 2.00 bits per heavy atom. The molecule has 5 nitrogen and oxygen atoms in total. The predicted octanol–water partition coefficient (Wildman–Crippen LogP) is 1.92. The molecule has 114 valence electrons. The quantitative estimate of drug-likeness (QED) is 0.551. The third kappa shape index (κ3) is 6.39. The molecule has 6 heteroatoms. The second kappa shape index (κ2) is 9.77. The lowest BCUT2D eigenvalue weighted by atomic mass is 9.44. The minimum Gasteiger partial charge on any atom is -0.569 e. The van der Waals surface area contributed by atoms with E-state index in [0.29, 0.717) is 0 Å². The van der Waals surface area contributed by atoms with E-state index in [-0.39, 0.29) is 6.51 Å². The van der Waals surface area contributed by atoms with Crippen LogP contribution in [0.2, 0.25) is 0 Å². The number of hydrogen-bond acceptors (Lipinski definition) is 4. The molecule has 0 bridgehead atoms. The van der Waals surface area contributed by atoms with Crippen molar-refractivity contribution in [3.8, 4) is 11.9 Å². The molecule has 0 atom stereocenters. The van der Waals surface area contributed by atoms with Gasteiger partial charge >= 0.3 is 6.35 Å². The Balaban J connectivity index is 0.000000361. The van der Waals surface area contributed by atoms with Gasteiger partial charge in [-0.3, -0.25) is 0 Å². The monoisotopic (exact) mass is 281 g/mol. The Bertz CT molecular complexity index is 329. The maximum atomic E-state index is 8.46. The fourth-order valence-corrected chi connectivity index (χ4v) is 2.37. The second-order valence-corrected chi connectivity index (χ2v) is 5.76. The van der Waals surface area contributed by atoms with Gasteiger partial charge in [0.05, 0.1) is 26.7 Å². The molecular weight excluding hydrogens is 253 g/mol. The number of nitrogens with zero attached hydrogens (tertiary/aromatic N) is 3. The first-order chi connectivity index (χ1) is 9.51. The number of likely N-dealkylation sites (tertiary alicyclic amines) is 1. The number of ether oxygens (including phenoxy) is 1. The number of hydrogen-bond donors (Lipinski definition) is 0. The van der Waals surface area contributed by atoms with Crippen LogP contribution >= 0.6 is 0 Å².